The summed E-state index contributed by atoms with van der Waals surface area (Å²) in [7, 11) is 0. The monoisotopic (exact) mass is 283 g/mol. The lowest BCUT2D eigenvalue weighted by Crippen LogP contribution is -2.34. The number of nitrogens with two attached hydrogens (primary N) is 1. The van der Waals surface area contributed by atoms with Crippen LogP contribution in [-0.2, 0) is 0 Å². The van der Waals surface area contributed by atoms with E-state index in [4.69, 9.17) is 10.5 Å². The molecule has 3 N–H and O–H groups in total. The minimum Gasteiger partial charge on any atom is -0.484 e. The van der Waals surface area contributed by atoms with Crippen molar-refractivity contribution < 1.29 is 4.74 Å². The Kier molecular flexibility index (Phi) is 4.55. The summed E-state index contributed by atoms with van der Waals surface area (Å²) in [5.41, 5.74) is 5.89. The summed E-state index contributed by atoms with van der Waals surface area (Å²) < 4.78 is 9.99. The van der Waals surface area contributed by atoms with E-state index < -0.39 is 0 Å². The minimum absolute atomic E-state index is 0.113. The molecule has 1 aliphatic rings. The summed E-state index contributed by atoms with van der Waals surface area (Å²) in [6.45, 7) is 8.68. The third-order valence-electron chi connectivity index (χ3n) is 4.05. The van der Waals surface area contributed by atoms with E-state index in [2.05, 4.69) is 23.5 Å². The molecule has 19 heavy (non-hydrogen) atoms. The van der Waals surface area contributed by atoms with Gasteiger partial charge in [0.05, 0.1) is 6.10 Å². The molecule has 0 radical (unpaired) electrons. The zero-order valence-corrected chi connectivity index (χ0v) is 13.1. The molecule has 0 aliphatic heterocycles. The van der Waals surface area contributed by atoms with E-state index in [9.17, 15) is 0 Å². The second kappa shape index (κ2) is 5.99. The van der Waals surface area contributed by atoms with E-state index >= 15 is 0 Å². The van der Waals surface area contributed by atoms with Gasteiger partial charge in [0.1, 0.15) is 0 Å². The fourth-order valence-corrected chi connectivity index (χ4v) is 3.40. The molecule has 5 heteroatoms. The Morgan fingerprint density at radius 1 is 1.37 bits per heavy atom. The Hall–Kier alpha value is -0.970. The third kappa shape index (κ3) is 3.32. The fraction of sp³-hybridized carbons (Fsp3) is 0.786. The van der Waals surface area contributed by atoms with Crippen LogP contribution >= 0.6 is 11.5 Å². The predicted octanol–water partition coefficient (Wildman–Crippen LogP) is 3.75. The number of anilines is 2. The molecule has 1 aliphatic carbocycles. The Morgan fingerprint density at radius 3 is 2.79 bits per heavy atom. The molecular weight excluding hydrogens is 258 g/mol. The first kappa shape index (κ1) is 14.4. The SMILES string of the molecule is CC(C)Oc1c(N)nsc1NC1CCCC(C)C1C. The first-order valence-electron chi connectivity index (χ1n) is 7.17. The molecule has 108 valence electrons. The molecule has 3 atom stereocenters. The highest BCUT2D eigenvalue weighted by molar-refractivity contribution is 7.11. The molecule has 1 saturated carbocycles. The highest BCUT2D eigenvalue weighted by atomic mass is 32.1. The quantitative estimate of drug-likeness (QED) is 0.883. The maximum atomic E-state index is 5.89. The zero-order valence-electron chi connectivity index (χ0n) is 12.3. The van der Waals surface area contributed by atoms with E-state index in [1.165, 1.54) is 30.8 Å². The Labute approximate surface area is 119 Å². The van der Waals surface area contributed by atoms with Gasteiger partial charge in [0, 0.05) is 6.04 Å². The first-order valence-corrected chi connectivity index (χ1v) is 7.94. The van der Waals surface area contributed by atoms with Crippen molar-refractivity contribution in [1.29, 1.82) is 0 Å². The number of aromatic nitrogens is 1. The van der Waals surface area contributed by atoms with E-state index in [1.807, 2.05) is 13.8 Å². The van der Waals surface area contributed by atoms with Gasteiger partial charge in [-0.05, 0) is 43.6 Å². The van der Waals surface area contributed by atoms with Crippen LogP contribution in [0.4, 0.5) is 10.8 Å². The molecule has 0 spiro atoms. The van der Waals surface area contributed by atoms with Crippen LogP contribution in [0.3, 0.4) is 0 Å². The van der Waals surface area contributed by atoms with Crippen LogP contribution in [0.25, 0.3) is 0 Å². The summed E-state index contributed by atoms with van der Waals surface area (Å²) >= 11 is 1.40. The van der Waals surface area contributed by atoms with Gasteiger partial charge in [-0.1, -0.05) is 26.7 Å². The van der Waals surface area contributed by atoms with Crippen molar-refractivity contribution in [3.8, 4) is 5.75 Å². The predicted molar refractivity (Wildman–Crippen MR) is 81.9 cm³/mol. The standard InChI is InChI=1S/C14H25N3OS/c1-8(2)18-12-13(15)17-19-14(12)16-11-7-5-6-9(3)10(11)4/h8-11,16H,5-7H2,1-4H3,(H2,15,17). The fourth-order valence-electron chi connectivity index (χ4n) is 2.69. The van der Waals surface area contributed by atoms with Crippen molar-refractivity contribution in [2.75, 3.05) is 11.1 Å². The molecule has 1 heterocycles. The average Bonchev–Trinajstić information content (AvgIpc) is 2.67. The van der Waals surface area contributed by atoms with Gasteiger partial charge >= 0.3 is 0 Å². The summed E-state index contributed by atoms with van der Waals surface area (Å²) in [6, 6.07) is 0.498. The summed E-state index contributed by atoms with van der Waals surface area (Å²) in [6.07, 6.45) is 3.95. The molecule has 1 aromatic rings. The smallest absolute Gasteiger partial charge is 0.197 e. The van der Waals surface area contributed by atoms with Crippen molar-refractivity contribution in [2.24, 2.45) is 11.8 Å². The van der Waals surface area contributed by atoms with Crippen molar-refractivity contribution in [3.63, 3.8) is 0 Å². The van der Waals surface area contributed by atoms with E-state index in [-0.39, 0.29) is 6.10 Å². The second-order valence-electron chi connectivity index (χ2n) is 5.91. The number of nitrogens with one attached hydrogen (secondary N) is 1. The Balaban J connectivity index is 2.10. The second-order valence-corrected chi connectivity index (χ2v) is 6.68. The average molecular weight is 283 g/mol. The Morgan fingerprint density at radius 2 is 2.11 bits per heavy atom. The van der Waals surface area contributed by atoms with Gasteiger partial charge < -0.3 is 15.8 Å². The number of rotatable bonds is 4. The summed E-state index contributed by atoms with van der Waals surface area (Å²) in [5, 5.41) is 4.59. The van der Waals surface area contributed by atoms with Crippen molar-refractivity contribution >= 4 is 22.4 Å². The zero-order chi connectivity index (χ0) is 14.0. The third-order valence-corrected chi connectivity index (χ3v) is 4.82. The van der Waals surface area contributed by atoms with Gasteiger partial charge in [-0.2, -0.15) is 4.37 Å². The molecule has 0 bridgehead atoms. The largest absolute Gasteiger partial charge is 0.484 e. The van der Waals surface area contributed by atoms with Crippen molar-refractivity contribution in [1.82, 2.24) is 4.37 Å². The topological polar surface area (TPSA) is 60.2 Å². The van der Waals surface area contributed by atoms with Crippen LogP contribution in [0, 0.1) is 11.8 Å². The minimum atomic E-state index is 0.113. The number of nitrogens with zero attached hydrogens (tertiary/aromatic N) is 1. The summed E-state index contributed by atoms with van der Waals surface area (Å²) in [4.78, 5) is 0. The highest BCUT2D eigenvalue weighted by Gasteiger charge is 2.28. The number of ether oxygens (including phenoxy) is 1. The van der Waals surface area contributed by atoms with Gasteiger partial charge in [-0.3, -0.25) is 0 Å². The highest BCUT2D eigenvalue weighted by Crippen LogP contribution is 2.39. The van der Waals surface area contributed by atoms with Crippen molar-refractivity contribution in [3.05, 3.63) is 0 Å². The lowest BCUT2D eigenvalue weighted by Gasteiger charge is -2.34. The molecular formula is C14H25N3OS. The van der Waals surface area contributed by atoms with E-state index in [0.717, 1.165) is 16.7 Å². The lowest BCUT2D eigenvalue weighted by molar-refractivity contribution is 0.240. The maximum Gasteiger partial charge on any atom is 0.197 e. The molecule has 0 aromatic carbocycles. The Bertz CT molecular complexity index is 419. The van der Waals surface area contributed by atoms with Gasteiger partial charge in [-0.15, -0.1) is 0 Å². The number of nitrogen functional groups attached to an aromatic ring is 1. The summed E-state index contributed by atoms with van der Waals surface area (Å²) in [5.74, 6) is 2.66. The molecule has 3 unspecified atom stereocenters. The van der Waals surface area contributed by atoms with Gasteiger partial charge in [-0.25, -0.2) is 0 Å². The lowest BCUT2D eigenvalue weighted by atomic mass is 9.78. The number of hydrogen-bond donors (Lipinski definition) is 2. The van der Waals surface area contributed by atoms with Crippen LogP contribution < -0.4 is 15.8 Å². The van der Waals surface area contributed by atoms with Crippen LogP contribution in [0.2, 0.25) is 0 Å². The maximum absolute atomic E-state index is 5.89. The molecule has 2 rings (SSSR count). The van der Waals surface area contributed by atoms with Crippen LogP contribution in [0.15, 0.2) is 0 Å². The van der Waals surface area contributed by atoms with E-state index in [1.54, 1.807) is 0 Å². The van der Waals surface area contributed by atoms with Crippen LogP contribution in [-0.4, -0.2) is 16.5 Å². The molecule has 1 aromatic heterocycles. The number of hydrogen-bond acceptors (Lipinski definition) is 5. The van der Waals surface area contributed by atoms with Crippen LogP contribution in [0.1, 0.15) is 47.0 Å². The molecule has 1 fully saturated rings. The van der Waals surface area contributed by atoms with E-state index in [0.29, 0.717) is 17.8 Å². The van der Waals surface area contributed by atoms with Crippen molar-refractivity contribution in [2.45, 2.75) is 59.1 Å². The molecule has 0 saturated heterocycles. The first-order chi connectivity index (χ1) is 8.99. The normalized spacial score (nSPS) is 27.5. The molecule has 4 nitrogen and oxygen atoms in total. The van der Waals surface area contributed by atoms with Gasteiger partial charge in [0.15, 0.2) is 16.6 Å². The molecule has 0 amide bonds. The van der Waals surface area contributed by atoms with Gasteiger partial charge in [0.25, 0.3) is 0 Å². The van der Waals surface area contributed by atoms with Crippen LogP contribution in [0.5, 0.6) is 5.75 Å². The van der Waals surface area contributed by atoms with Gasteiger partial charge in [0.2, 0.25) is 0 Å².